The molecule has 0 atom stereocenters. The number of rotatable bonds is 6. The molecule has 0 unspecified atom stereocenters. The molecule has 130 valence electrons. The minimum Gasteiger partial charge on any atom is -0.504 e. The van der Waals surface area contributed by atoms with Crippen molar-refractivity contribution in [1.29, 1.82) is 0 Å². The van der Waals surface area contributed by atoms with Crippen LogP contribution in [0.1, 0.15) is 18.2 Å². The monoisotopic (exact) mass is 342 g/mol. The normalized spacial score (nSPS) is 10.4. The number of nitrogens with one attached hydrogen (secondary N) is 2. The fraction of sp³-hybridized carbons (Fsp3) is 0.176. The second-order valence-corrected chi connectivity index (χ2v) is 4.86. The van der Waals surface area contributed by atoms with Crippen molar-refractivity contribution in [3.63, 3.8) is 0 Å². The maximum atomic E-state index is 11.7. The number of phenolic OH excluding ortho intramolecular Hbond substituents is 1. The number of hydrogen-bond donors (Lipinski definition) is 3. The van der Waals surface area contributed by atoms with Crippen LogP contribution in [0.3, 0.4) is 0 Å². The molecule has 0 bridgehead atoms. The van der Waals surface area contributed by atoms with Gasteiger partial charge >= 0.3 is 11.8 Å². The van der Waals surface area contributed by atoms with E-state index in [1.165, 1.54) is 12.3 Å². The van der Waals surface area contributed by atoms with E-state index in [0.717, 1.165) is 0 Å². The topological polar surface area (TPSA) is 113 Å². The van der Waals surface area contributed by atoms with Gasteiger partial charge in [0.2, 0.25) is 0 Å². The molecule has 3 N–H and O–H groups in total. The number of amides is 2. The van der Waals surface area contributed by atoms with Gasteiger partial charge in [-0.3, -0.25) is 14.6 Å². The number of hydrazone groups is 1. The highest BCUT2D eigenvalue weighted by Gasteiger charge is 2.12. The average Bonchev–Trinajstić information content (AvgIpc) is 2.63. The average molecular weight is 342 g/mol. The molecule has 1 aromatic heterocycles. The van der Waals surface area contributed by atoms with Crippen LogP contribution in [-0.2, 0) is 16.1 Å². The Bertz CT molecular complexity index is 762. The lowest BCUT2D eigenvalue weighted by Gasteiger charge is -2.06. The van der Waals surface area contributed by atoms with E-state index < -0.39 is 11.8 Å². The summed E-state index contributed by atoms with van der Waals surface area (Å²) >= 11 is 0. The number of hydrogen-bond acceptors (Lipinski definition) is 6. The largest absolute Gasteiger partial charge is 0.504 e. The number of aromatic hydroxyl groups is 1. The van der Waals surface area contributed by atoms with Gasteiger partial charge < -0.3 is 15.2 Å². The second-order valence-electron chi connectivity index (χ2n) is 4.86. The number of phenols is 1. The van der Waals surface area contributed by atoms with Gasteiger partial charge in [-0.1, -0.05) is 6.07 Å². The molecule has 1 heterocycles. The van der Waals surface area contributed by atoms with Gasteiger partial charge in [-0.05, 0) is 42.8 Å². The highest BCUT2D eigenvalue weighted by molar-refractivity contribution is 6.35. The number of carbonyl (C=O) groups excluding carboxylic acids is 2. The van der Waals surface area contributed by atoms with Crippen LogP contribution in [0.25, 0.3) is 0 Å². The number of benzene rings is 1. The first-order valence-electron chi connectivity index (χ1n) is 7.57. The summed E-state index contributed by atoms with van der Waals surface area (Å²) in [6.45, 7) is 2.35. The molecule has 0 fully saturated rings. The number of pyridine rings is 1. The highest BCUT2D eigenvalue weighted by atomic mass is 16.5. The van der Waals surface area contributed by atoms with E-state index in [9.17, 15) is 14.7 Å². The first-order valence-corrected chi connectivity index (χ1v) is 7.57. The van der Waals surface area contributed by atoms with E-state index in [4.69, 9.17) is 4.74 Å². The molecule has 0 saturated carbocycles. The SMILES string of the molecule is CCOc1cc(/C=N/NC(=O)C(=O)NCc2ccccn2)ccc1O. The van der Waals surface area contributed by atoms with Crippen molar-refractivity contribution < 1.29 is 19.4 Å². The Kier molecular flexibility index (Phi) is 6.47. The first kappa shape index (κ1) is 17.9. The molecular formula is C17H18N4O4. The van der Waals surface area contributed by atoms with Crippen LogP contribution in [0.15, 0.2) is 47.7 Å². The van der Waals surface area contributed by atoms with E-state index in [2.05, 4.69) is 20.8 Å². The van der Waals surface area contributed by atoms with Gasteiger partial charge in [0.1, 0.15) is 0 Å². The molecule has 0 aliphatic heterocycles. The van der Waals surface area contributed by atoms with Crippen LogP contribution in [0.2, 0.25) is 0 Å². The van der Waals surface area contributed by atoms with Crippen LogP contribution in [0.5, 0.6) is 11.5 Å². The number of aromatic nitrogens is 1. The summed E-state index contributed by atoms with van der Waals surface area (Å²) in [7, 11) is 0. The summed E-state index contributed by atoms with van der Waals surface area (Å²) in [4.78, 5) is 27.4. The molecule has 0 aliphatic carbocycles. The lowest BCUT2D eigenvalue weighted by Crippen LogP contribution is -2.37. The third-order valence-corrected chi connectivity index (χ3v) is 3.03. The summed E-state index contributed by atoms with van der Waals surface area (Å²) < 4.78 is 5.25. The van der Waals surface area contributed by atoms with Crippen molar-refractivity contribution in [2.75, 3.05) is 6.61 Å². The van der Waals surface area contributed by atoms with Gasteiger partial charge in [-0.15, -0.1) is 0 Å². The molecule has 2 rings (SSSR count). The summed E-state index contributed by atoms with van der Waals surface area (Å²) in [5.74, 6) is -1.39. The smallest absolute Gasteiger partial charge is 0.329 e. The molecule has 0 aliphatic rings. The van der Waals surface area contributed by atoms with Gasteiger partial charge in [0.05, 0.1) is 25.1 Å². The van der Waals surface area contributed by atoms with Gasteiger partial charge in [-0.25, -0.2) is 5.43 Å². The molecule has 0 saturated heterocycles. The van der Waals surface area contributed by atoms with E-state index in [1.807, 2.05) is 0 Å². The quantitative estimate of drug-likeness (QED) is 0.411. The minimum absolute atomic E-state index is 0.0111. The van der Waals surface area contributed by atoms with Crippen molar-refractivity contribution in [1.82, 2.24) is 15.7 Å². The molecule has 2 aromatic rings. The molecule has 8 heteroatoms. The zero-order valence-corrected chi connectivity index (χ0v) is 13.6. The molecule has 0 radical (unpaired) electrons. The predicted molar refractivity (Wildman–Crippen MR) is 91.1 cm³/mol. The molecule has 25 heavy (non-hydrogen) atoms. The van der Waals surface area contributed by atoms with E-state index in [0.29, 0.717) is 23.6 Å². The van der Waals surface area contributed by atoms with E-state index in [1.54, 1.807) is 43.5 Å². The van der Waals surface area contributed by atoms with Crippen molar-refractivity contribution in [3.05, 3.63) is 53.9 Å². The number of carbonyl (C=O) groups is 2. The van der Waals surface area contributed by atoms with Gasteiger partial charge in [0.15, 0.2) is 11.5 Å². The van der Waals surface area contributed by atoms with Crippen molar-refractivity contribution in [2.45, 2.75) is 13.5 Å². The van der Waals surface area contributed by atoms with Gasteiger partial charge in [0, 0.05) is 6.20 Å². The zero-order chi connectivity index (χ0) is 18.1. The van der Waals surface area contributed by atoms with Gasteiger partial charge in [-0.2, -0.15) is 5.10 Å². The van der Waals surface area contributed by atoms with Crippen LogP contribution < -0.4 is 15.5 Å². The number of nitrogens with zero attached hydrogens (tertiary/aromatic N) is 2. The van der Waals surface area contributed by atoms with Crippen molar-refractivity contribution in [3.8, 4) is 11.5 Å². The van der Waals surface area contributed by atoms with Gasteiger partial charge in [0.25, 0.3) is 0 Å². The zero-order valence-electron chi connectivity index (χ0n) is 13.6. The lowest BCUT2D eigenvalue weighted by molar-refractivity contribution is -0.139. The molecule has 8 nitrogen and oxygen atoms in total. The summed E-state index contributed by atoms with van der Waals surface area (Å²) in [6, 6.07) is 9.88. The maximum Gasteiger partial charge on any atom is 0.329 e. The Hall–Kier alpha value is -3.42. The van der Waals surface area contributed by atoms with Crippen LogP contribution in [-0.4, -0.2) is 34.7 Å². The molecule has 0 spiro atoms. The molecular weight excluding hydrogens is 324 g/mol. The van der Waals surface area contributed by atoms with E-state index in [-0.39, 0.29) is 12.3 Å². The maximum absolute atomic E-state index is 11.7. The predicted octanol–water partition coefficient (Wildman–Crippen LogP) is 0.952. The summed E-state index contributed by atoms with van der Waals surface area (Å²) in [5, 5.41) is 15.8. The first-order chi connectivity index (χ1) is 12.1. The standard InChI is InChI=1S/C17H18N4O4/c1-2-25-15-9-12(6-7-14(15)22)10-20-21-17(24)16(23)19-11-13-5-3-4-8-18-13/h3-10,22H,2,11H2,1H3,(H,19,23)(H,21,24)/b20-10+. The van der Waals surface area contributed by atoms with Crippen molar-refractivity contribution >= 4 is 18.0 Å². The Morgan fingerprint density at radius 1 is 1.28 bits per heavy atom. The summed E-state index contributed by atoms with van der Waals surface area (Å²) in [5.41, 5.74) is 3.36. The fourth-order valence-corrected chi connectivity index (χ4v) is 1.85. The fourth-order valence-electron chi connectivity index (χ4n) is 1.85. The molecule has 2 amide bonds. The van der Waals surface area contributed by atoms with Crippen molar-refractivity contribution in [2.24, 2.45) is 5.10 Å². The van der Waals surface area contributed by atoms with Crippen LogP contribution in [0.4, 0.5) is 0 Å². The van der Waals surface area contributed by atoms with Crippen LogP contribution >= 0.6 is 0 Å². The summed E-state index contributed by atoms with van der Waals surface area (Å²) in [6.07, 6.45) is 2.94. The third kappa shape index (κ3) is 5.61. The highest BCUT2D eigenvalue weighted by Crippen LogP contribution is 2.26. The Labute approximate surface area is 144 Å². The number of ether oxygens (including phenoxy) is 1. The second kappa shape index (κ2) is 9.02. The Balaban J connectivity index is 1.85. The van der Waals surface area contributed by atoms with Crippen LogP contribution in [0, 0.1) is 0 Å². The Morgan fingerprint density at radius 2 is 2.12 bits per heavy atom. The minimum atomic E-state index is -0.893. The Morgan fingerprint density at radius 3 is 2.84 bits per heavy atom. The lowest BCUT2D eigenvalue weighted by atomic mass is 10.2. The molecule has 1 aromatic carbocycles. The third-order valence-electron chi connectivity index (χ3n) is 3.03. The van der Waals surface area contributed by atoms with E-state index >= 15 is 0 Å².